The maximum Gasteiger partial charge on any atom is 0.244 e. The molecule has 1 aliphatic rings. The predicted octanol–water partition coefficient (Wildman–Crippen LogP) is 1.90. The van der Waals surface area contributed by atoms with E-state index in [9.17, 15) is 9.18 Å². The van der Waals surface area contributed by atoms with Gasteiger partial charge in [0.05, 0.1) is 7.11 Å². The molecule has 0 unspecified atom stereocenters. The molecule has 2 N–H and O–H groups in total. The number of rotatable bonds is 5. The molecule has 0 fully saturated rings. The molecule has 5 heteroatoms. The van der Waals surface area contributed by atoms with Crippen molar-refractivity contribution >= 4 is 12.0 Å². The van der Waals surface area contributed by atoms with E-state index in [1.807, 2.05) is 12.2 Å². The van der Waals surface area contributed by atoms with Crippen LogP contribution >= 0.6 is 0 Å². The van der Waals surface area contributed by atoms with E-state index in [0.717, 1.165) is 0 Å². The fraction of sp³-hybridized carbons (Fsp3) is 0.312. The zero-order valence-corrected chi connectivity index (χ0v) is 11.8. The molecule has 0 aliphatic heterocycles. The number of ether oxygens (including phenoxy) is 1. The van der Waals surface area contributed by atoms with E-state index in [0.29, 0.717) is 12.0 Å². The van der Waals surface area contributed by atoms with Crippen LogP contribution in [0.5, 0.6) is 5.75 Å². The molecule has 1 aromatic carbocycles. The van der Waals surface area contributed by atoms with Gasteiger partial charge in [0.2, 0.25) is 5.91 Å². The van der Waals surface area contributed by atoms with Gasteiger partial charge in [-0.1, -0.05) is 18.2 Å². The van der Waals surface area contributed by atoms with Crippen LogP contribution in [0.2, 0.25) is 0 Å². The van der Waals surface area contributed by atoms with Gasteiger partial charge >= 0.3 is 0 Å². The van der Waals surface area contributed by atoms with Crippen LogP contribution in [0.1, 0.15) is 12.0 Å². The minimum absolute atomic E-state index is 0.0537. The van der Waals surface area contributed by atoms with Crippen LogP contribution in [0.3, 0.4) is 0 Å². The second-order valence-electron chi connectivity index (χ2n) is 4.91. The predicted molar refractivity (Wildman–Crippen MR) is 78.2 cm³/mol. The van der Waals surface area contributed by atoms with Crippen LogP contribution in [-0.2, 0) is 4.79 Å². The van der Waals surface area contributed by atoms with Gasteiger partial charge in [-0.05, 0) is 30.2 Å². The molecule has 0 radical (unpaired) electrons. The SMILES string of the molecule is COc1cc(C=CC(=O)N[C@@H]2C=C[C@H](CO)C2)ccc1F. The Kier molecular flexibility index (Phi) is 5.11. The van der Waals surface area contributed by atoms with Gasteiger partial charge in [-0.3, -0.25) is 4.79 Å². The fourth-order valence-corrected chi connectivity index (χ4v) is 2.20. The summed E-state index contributed by atoms with van der Waals surface area (Å²) in [5, 5.41) is 11.8. The molecule has 112 valence electrons. The topological polar surface area (TPSA) is 58.6 Å². The molecule has 0 spiro atoms. The van der Waals surface area contributed by atoms with Gasteiger partial charge in [0.25, 0.3) is 0 Å². The summed E-state index contributed by atoms with van der Waals surface area (Å²) in [6.45, 7) is 0.0914. The lowest BCUT2D eigenvalue weighted by atomic mass is 10.1. The molecule has 0 saturated heterocycles. The van der Waals surface area contributed by atoms with Crippen LogP contribution in [0.25, 0.3) is 6.08 Å². The van der Waals surface area contributed by atoms with Gasteiger partial charge in [0, 0.05) is 24.6 Å². The van der Waals surface area contributed by atoms with Gasteiger partial charge < -0.3 is 15.2 Å². The van der Waals surface area contributed by atoms with Gasteiger partial charge in [-0.15, -0.1) is 0 Å². The van der Waals surface area contributed by atoms with Crippen LogP contribution in [0, 0.1) is 11.7 Å². The molecule has 4 nitrogen and oxygen atoms in total. The second kappa shape index (κ2) is 7.04. The number of halogens is 1. The smallest absolute Gasteiger partial charge is 0.244 e. The molecule has 2 atom stereocenters. The number of hydrogen-bond acceptors (Lipinski definition) is 3. The Morgan fingerprint density at radius 2 is 2.33 bits per heavy atom. The number of nitrogens with one attached hydrogen (secondary N) is 1. The Balaban J connectivity index is 1.92. The van der Waals surface area contributed by atoms with Crippen LogP contribution in [0.4, 0.5) is 4.39 Å². The van der Waals surface area contributed by atoms with Crippen molar-refractivity contribution in [3.63, 3.8) is 0 Å². The summed E-state index contributed by atoms with van der Waals surface area (Å²) in [5.41, 5.74) is 0.679. The number of carbonyl (C=O) groups excluding carboxylic acids is 1. The Morgan fingerprint density at radius 1 is 1.52 bits per heavy atom. The van der Waals surface area contributed by atoms with Crippen molar-refractivity contribution in [1.29, 1.82) is 0 Å². The first-order chi connectivity index (χ1) is 10.1. The third-order valence-corrected chi connectivity index (χ3v) is 3.34. The lowest BCUT2D eigenvalue weighted by Gasteiger charge is -2.10. The third kappa shape index (κ3) is 4.16. The van der Waals surface area contributed by atoms with Crippen molar-refractivity contribution in [2.45, 2.75) is 12.5 Å². The molecule has 0 heterocycles. The highest BCUT2D eigenvalue weighted by atomic mass is 19.1. The first-order valence-corrected chi connectivity index (χ1v) is 6.73. The van der Waals surface area contributed by atoms with E-state index >= 15 is 0 Å². The standard InChI is InChI=1S/C16H18FNO3/c1-21-15-9-11(3-6-14(15)17)4-7-16(20)18-13-5-2-12(8-13)10-19/h2-7,9,12-13,19H,8,10H2,1H3,(H,18,20)/t12-,13+/m0/s1. The van der Waals surface area contributed by atoms with Gasteiger partial charge in [0.1, 0.15) is 0 Å². The quantitative estimate of drug-likeness (QED) is 0.643. The normalized spacial score (nSPS) is 20.9. The average Bonchev–Trinajstić information content (AvgIpc) is 2.94. The molecule has 1 aromatic rings. The van der Waals surface area contributed by atoms with Crippen molar-refractivity contribution in [2.24, 2.45) is 5.92 Å². The zero-order chi connectivity index (χ0) is 15.2. The van der Waals surface area contributed by atoms with E-state index in [-0.39, 0.29) is 30.2 Å². The van der Waals surface area contributed by atoms with Gasteiger partial charge in [-0.2, -0.15) is 0 Å². The number of hydrogen-bond donors (Lipinski definition) is 2. The first-order valence-electron chi connectivity index (χ1n) is 6.73. The van der Waals surface area contributed by atoms with E-state index in [1.54, 1.807) is 12.1 Å². The molecule has 0 saturated carbocycles. The highest BCUT2D eigenvalue weighted by molar-refractivity contribution is 5.92. The van der Waals surface area contributed by atoms with Gasteiger partial charge in [0.15, 0.2) is 11.6 Å². The summed E-state index contributed by atoms with van der Waals surface area (Å²) < 4.78 is 18.1. The number of benzene rings is 1. The third-order valence-electron chi connectivity index (χ3n) is 3.34. The van der Waals surface area contributed by atoms with Crippen LogP contribution in [-0.4, -0.2) is 30.8 Å². The lowest BCUT2D eigenvalue weighted by Crippen LogP contribution is -2.31. The van der Waals surface area contributed by atoms with Crippen molar-refractivity contribution in [3.05, 3.63) is 47.8 Å². The Morgan fingerprint density at radius 3 is 3.00 bits per heavy atom. The first kappa shape index (κ1) is 15.3. The summed E-state index contributed by atoms with van der Waals surface area (Å²) in [6.07, 6.45) is 7.49. The summed E-state index contributed by atoms with van der Waals surface area (Å²) in [5.74, 6) is -0.417. The molecular weight excluding hydrogens is 273 g/mol. The van der Waals surface area contributed by atoms with Crippen LogP contribution < -0.4 is 10.1 Å². The van der Waals surface area contributed by atoms with E-state index in [4.69, 9.17) is 9.84 Å². The summed E-state index contributed by atoms with van der Waals surface area (Å²) >= 11 is 0. The fourth-order valence-electron chi connectivity index (χ4n) is 2.20. The zero-order valence-electron chi connectivity index (χ0n) is 11.8. The monoisotopic (exact) mass is 291 g/mol. The van der Waals surface area contributed by atoms with Gasteiger partial charge in [-0.25, -0.2) is 4.39 Å². The molecular formula is C16H18FNO3. The summed E-state index contributed by atoms with van der Waals surface area (Å²) in [4.78, 5) is 11.8. The second-order valence-corrected chi connectivity index (χ2v) is 4.91. The maximum absolute atomic E-state index is 13.3. The van der Waals surface area contributed by atoms with Crippen molar-refractivity contribution < 1.29 is 19.0 Å². The highest BCUT2D eigenvalue weighted by Crippen LogP contribution is 2.19. The molecule has 1 aliphatic carbocycles. The van der Waals surface area contributed by atoms with E-state index in [2.05, 4.69) is 5.32 Å². The minimum atomic E-state index is -0.440. The van der Waals surface area contributed by atoms with Crippen molar-refractivity contribution in [1.82, 2.24) is 5.32 Å². The Hall–Kier alpha value is -2.14. The largest absolute Gasteiger partial charge is 0.494 e. The number of amides is 1. The van der Waals surface area contributed by atoms with Crippen molar-refractivity contribution in [3.8, 4) is 5.75 Å². The van der Waals surface area contributed by atoms with E-state index < -0.39 is 5.82 Å². The lowest BCUT2D eigenvalue weighted by molar-refractivity contribution is -0.116. The molecule has 0 aromatic heterocycles. The molecule has 1 amide bonds. The minimum Gasteiger partial charge on any atom is -0.494 e. The number of carbonyl (C=O) groups is 1. The highest BCUT2D eigenvalue weighted by Gasteiger charge is 2.18. The van der Waals surface area contributed by atoms with E-state index in [1.165, 1.54) is 25.3 Å². The summed E-state index contributed by atoms with van der Waals surface area (Å²) in [6, 6.07) is 4.33. The Bertz CT molecular complexity index is 569. The molecule has 21 heavy (non-hydrogen) atoms. The average molecular weight is 291 g/mol. The number of aliphatic hydroxyl groups is 1. The van der Waals surface area contributed by atoms with Crippen molar-refractivity contribution in [2.75, 3.05) is 13.7 Å². The van der Waals surface area contributed by atoms with Crippen LogP contribution in [0.15, 0.2) is 36.4 Å². The molecule has 0 bridgehead atoms. The Labute approximate surface area is 122 Å². The number of methoxy groups -OCH3 is 1. The summed E-state index contributed by atoms with van der Waals surface area (Å²) in [7, 11) is 1.39. The number of aliphatic hydroxyl groups excluding tert-OH is 1. The molecule has 2 rings (SSSR count). The maximum atomic E-state index is 13.3.